The number of piperazine rings is 1. The minimum Gasteiger partial charge on any atom is -0.340 e. The van der Waals surface area contributed by atoms with Crippen molar-refractivity contribution in [3.63, 3.8) is 0 Å². The fraction of sp³-hybridized carbons (Fsp3) is 0.350. The number of hydrogen-bond donors (Lipinski definition) is 0. The quantitative estimate of drug-likeness (QED) is 0.591. The number of para-hydroxylation sites is 1. The molecule has 136 valence electrons. The van der Waals surface area contributed by atoms with Crippen molar-refractivity contribution in [1.82, 2.24) is 9.80 Å². The molecule has 0 saturated carbocycles. The molecule has 0 N–H and O–H groups in total. The molecule has 1 heterocycles. The normalized spacial score (nSPS) is 15.0. The Hall–Kier alpha value is -2.73. The van der Waals surface area contributed by atoms with Crippen molar-refractivity contribution in [2.24, 2.45) is 0 Å². The van der Waals surface area contributed by atoms with E-state index in [2.05, 4.69) is 29.2 Å². The Morgan fingerprint density at radius 2 is 1.62 bits per heavy atom. The maximum Gasteiger partial charge on any atom is 0.273 e. The summed E-state index contributed by atoms with van der Waals surface area (Å²) in [6.45, 7) is 4.02. The van der Waals surface area contributed by atoms with Crippen molar-refractivity contribution in [1.29, 1.82) is 0 Å². The Kier molecular flexibility index (Phi) is 5.96. The Balaban J connectivity index is 1.49. The molecule has 0 radical (unpaired) electrons. The summed E-state index contributed by atoms with van der Waals surface area (Å²) in [7, 11) is 0. The monoisotopic (exact) mass is 353 g/mol. The smallest absolute Gasteiger partial charge is 0.273 e. The topological polar surface area (TPSA) is 66.7 Å². The SMILES string of the molecule is O=C(Cc1ccccc1[N+](=O)[O-])N1CCN(CCc2ccccc2)CC1. The molecule has 2 aromatic rings. The van der Waals surface area contributed by atoms with Gasteiger partial charge in [-0.3, -0.25) is 19.8 Å². The van der Waals surface area contributed by atoms with Gasteiger partial charge in [-0.15, -0.1) is 0 Å². The van der Waals surface area contributed by atoms with Crippen LogP contribution in [0, 0.1) is 10.1 Å². The summed E-state index contributed by atoms with van der Waals surface area (Å²) in [5.41, 5.74) is 1.82. The lowest BCUT2D eigenvalue weighted by atomic mass is 10.1. The van der Waals surface area contributed by atoms with Crippen LogP contribution >= 0.6 is 0 Å². The van der Waals surface area contributed by atoms with E-state index in [-0.39, 0.29) is 18.0 Å². The number of carbonyl (C=O) groups excluding carboxylic acids is 1. The number of carbonyl (C=O) groups is 1. The third kappa shape index (κ3) is 4.67. The number of nitro benzene ring substituents is 1. The lowest BCUT2D eigenvalue weighted by Gasteiger charge is -2.34. The Morgan fingerprint density at radius 3 is 2.31 bits per heavy atom. The summed E-state index contributed by atoms with van der Waals surface area (Å²) in [5, 5.41) is 11.1. The summed E-state index contributed by atoms with van der Waals surface area (Å²) in [6.07, 6.45) is 1.09. The molecule has 1 fully saturated rings. The van der Waals surface area contributed by atoms with Crippen molar-refractivity contribution in [2.75, 3.05) is 32.7 Å². The second-order valence-corrected chi connectivity index (χ2v) is 6.52. The van der Waals surface area contributed by atoms with Crippen LogP contribution in [0.5, 0.6) is 0 Å². The van der Waals surface area contributed by atoms with Crippen LogP contribution in [-0.4, -0.2) is 53.4 Å². The number of nitrogens with zero attached hydrogens (tertiary/aromatic N) is 3. The van der Waals surface area contributed by atoms with Gasteiger partial charge in [-0.05, 0) is 12.0 Å². The maximum absolute atomic E-state index is 12.5. The molecule has 1 amide bonds. The van der Waals surface area contributed by atoms with Crippen LogP contribution in [0.25, 0.3) is 0 Å². The predicted octanol–water partition coefficient (Wildman–Crippen LogP) is 2.52. The maximum atomic E-state index is 12.5. The first-order valence-corrected chi connectivity index (χ1v) is 8.90. The average Bonchev–Trinajstić information content (AvgIpc) is 2.68. The fourth-order valence-corrected chi connectivity index (χ4v) is 3.27. The molecule has 0 bridgehead atoms. The second kappa shape index (κ2) is 8.58. The molecule has 1 aliphatic rings. The van der Waals surface area contributed by atoms with Gasteiger partial charge in [0.25, 0.3) is 5.69 Å². The largest absolute Gasteiger partial charge is 0.340 e. The average molecular weight is 353 g/mol. The Bertz CT molecular complexity index is 756. The zero-order valence-corrected chi connectivity index (χ0v) is 14.7. The van der Waals surface area contributed by atoms with Gasteiger partial charge in [0, 0.05) is 44.4 Å². The highest BCUT2D eigenvalue weighted by atomic mass is 16.6. The molecule has 6 heteroatoms. The van der Waals surface area contributed by atoms with Crippen molar-refractivity contribution >= 4 is 11.6 Å². The number of nitro groups is 1. The van der Waals surface area contributed by atoms with Crippen LogP contribution in [0.2, 0.25) is 0 Å². The van der Waals surface area contributed by atoms with E-state index in [0.717, 1.165) is 26.1 Å². The van der Waals surface area contributed by atoms with E-state index in [9.17, 15) is 14.9 Å². The van der Waals surface area contributed by atoms with Gasteiger partial charge in [0.15, 0.2) is 0 Å². The van der Waals surface area contributed by atoms with E-state index in [4.69, 9.17) is 0 Å². The Morgan fingerprint density at radius 1 is 0.962 bits per heavy atom. The lowest BCUT2D eigenvalue weighted by Crippen LogP contribution is -2.49. The van der Waals surface area contributed by atoms with Gasteiger partial charge in [0.2, 0.25) is 5.91 Å². The highest BCUT2D eigenvalue weighted by Gasteiger charge is 2.23. The van der Waals surface area contributed by atoms with Crippen LogP contribution in [-0.2, 0) is 17.6 Å². The predicted molar refractivity (Wildman–Crippen MR) is 100.0 cm³/mol. The molecule has 26 heavy (non-hydrogen) atoms. The lowest BCUT2D eigenvalue weighted by molar-refractivity contribution is -0.385. The summed E-state index contributed by atoms with van der Waals surface area (Å²) in [4.78, 5) is 27.4. The van der Waals surface area contributed by atoms with Crippen LogP contribution in [0.15, 0.2) is 54.6 Å². The molecule has 0 aromatic heterocycles. The standard InChI is InChI=1S/C20H23N3O3/c24-20(16-18-8-4-5-9-19(18)23(25)26)22-14-12-21(13-15-22)11-10-17-6-2-1-3-7-17/h1-9H,10-16H2. The van der Waals surface area contributed by atoms with Crippen LogP contribution in [0.1, 0.15) is 11.1 Å². The highest BCUT2D eigenvalue weighted by Crippen LogP contribution is 2.19. The molecular formula is C20H23N3O3. The van der Waals surface area contributed by atoms with E-state index in [0.29, 0.717) is 18.7 Å². The van der Waals surface area contributed by atoms with Gasteiger partial charge in [0.05, 0.1) is 11.3 Å². The summed E-state index contributed by atoms with van der Waals surface area (Å²) in [6, 6.07) is 16.8. The van der Waals surface area contributed by atoms with Gasteiger partial charge >= 0.3 is 0 Å². The van der Waals surface area contributed by atoms with E-state index >= 15 is 0 Å². The van der Waals surface area contributed by atoms with Crippen molar-refractivity contribution in [3.8, 4) is 0 Å². The van der Waals surface area contributed by atoms with Crippen molar-refractivity contribution in [2.45, 2.75) is 12.8 Å². The number of amides is 1. The third-order valence-corrected chi connectivity index (χ3v) is 4.81. The molecule has 1 aliphatic heterocycles. The van der Waals surface area contributed by atoms with E-state index in [1.807, 2.05) is 11.0 Å². The minimum absolute atomic E-state index is 0.0161. The number of benzene rings is 2. The van der Waals surface area contributed by atoms with Crippen LogP contribution in [0.4, 0.5) is 5.69 Å². The first-order chi connectivity index (χ1) is 12.6. The molecule has 0 atom stereocenters. The highest BCUT2D eigenvalue weighted by molar-refractivity contribution is 5.80. The first-order valence-electron chi connectivity index (χ1n) is 8.90. The number of hydrogen-bond acceptors (Lipinski definition) is 4. The molecule has 6 nitrogen and oxygen atoms in total. The van der Waals surface area contributed by atoms with Crippen molar-refractivity contribution < 1.29 is 9.72 Å². The van der Waals surface area contributed by atoms with Gasteiger partial charge in [-0.25, -0.2) is 0 Å². The van der Waals surface area contributed by atoms with E-state index < -0.39 is 4.92 Å². The molecule has 0 unspecified atom stereocenters. The molecule has 1 saturated heterocycles. The zero-order chi connectivity index (χ0) is 18.4. The number of rotatable bonds is 6. The minimum atomic E-state index is -0.426. The van der Waals surface area contributed by atoms with E-state index in [1.165, 1.54) is 11.6 Å². The summed E-state index contributed by atoms with van der Waals surface area (Å²) < 4.78 is 0. The van der Waals surface area contributed by atoms with Gasteiger partial charge < -0.3 is 4.90 Å². The molecular weight excluding hydrogens is 330 g/mol. The third-order valence-electron chi connectivity index (χ3n) is 4.81. The van der Waals surface area contributed by atoms with Gasteiger partial charge in [-0.2, -0.15) is 0 Å². The van der Waals surface area contributed by atoms with E-state index in [1.54, 1.807) is 18.2 Å². The summed E-state index contributed by atoms with van der Waals surface area (Å²) in [5.74, 6) is -0.0398. The molecule has 2 aromatic carbocycles. The van der Waals surface area contributed by atoms with Crippen molar-refractivity contribution in [3.05, 3.63) is 75.8 Å². The second-order valence-electron chi connectivity index (χ2n) is 6.52. The van der Waals surface area contributed by atoms with Gasteiger partial charge in [0.1, 0.15) is 0 Å². The molecule has 0 spiro atoms. The fourth-order valence-electron chi connectivity index (χ4n) is 3.27. The van der Waals surface area contributed by atoms with Gasteiger partial charge in [-0.1, -0.05) is 48.5 Å². The molecule has 3 rings (SSSR count). The molecule has 0 aliphatic carbocycles. The zero-order valence-electron chi connectivity index (χ0n) is 14.7. The first kappa shape index (κ1) is 18.1. The summed E-state index contributed by atoms with van der Waals surface area (Å²) >= 11 is 0. The van der Waals surface area contributed by atoms with Crippen LogP contribution in [0.3, 0.4) is 0 Å². The Labute approximate surface area is 153 Å². The van der Waals surface area contributed by atoms with Crippen LogP contribution < -0.4 is 0 Å².